The molecule has 0 aliphatic carbocycles. The summed E-state index contributed by atoms with van der Waals surface area (Å²) in [4.78, 5) is 59.0. The molecule has 2 amide bonds. The molecule has 0 bridgehead atoms. The van der Waals surface area contributed by atoms with Crippen LogP contribution >= 0.6 is 0 Å². The number of fused-ring (bicyclic) bond motifs is 1. The number of anilines is 2. The number of carbonyl (C=O) groups is 4. The number of esters is 2. The predicted molar refractivity (Wildman–Crippen MR) is 208 cm³/mol. The molecule has 2 saturated heterocycles. The molecule has 0 spiro atoms. The zero-order valence-electron chi connectivity index (χ0n) is 31.4. The van der Waals surface area contributed by atoms with Gasteiger partial charge in [-0.1, -0.05) is 123 Å². The molecule has 4 aromatic rings. The van der Waals surface area contributed by atoms with Crippen molar-refractivity contribution in [1.29, 1.82) is 0 Å². The highest BCUT2D eigenvalue weighted by Crippen LogP contribution is 2.56. The average Bonchev–Trinajstić information content (AvgIpc) is 3.70. The Morgan fingerprint density at radius 1 is 0.537 bits per heavy atom. The fraction of sp³-hybridized carbons (Fsp3) is 0.364. The standard InChI is InChI=1S/C44H50N4O6/c1-5-7-27-53-43(51)35-37(31-23-19-29(3)20-24-31)47-40(42(50)46-34-17-13-10-14-18-34)36(44(52)54-28-8-6-2)38(32-25-21-30(4)22-26-32)48(47)39(35)41(49)45-33-15-11-9-12-16-33/h9-26,35-40H,5-8,27-28H2,1-4H3,(H,45,49)(H,46,50)/t35-,36-,37-,38+,39+,40+/m0/s1. The Balaban J connectivity index is 1.59. The van der Waals surface area contributed by atoms with Crippen LogP contribution in [0.3, 0.4) is 0 Å². The average molecular weight is 731 g/mol. The van der Waals surface area contributed by atoms with Crippen molar-refractivity contribution in [2.24, 2.45) is 11.8 Å². The molecule has 10 heteroatoms. The van der Waals surface area contributed by atoms with Crippen LogP contribution in [-0.4, -0.2) is 59.1 Å². The van der Waals surface area contributed by atoms with E-state index in [0.29, 0.717) is 35.3 Å². The van der Waals surface area contributed by atoms with Gasteiger partial charge in [0.1, 0.15) is 23.9 Å². The predicted octanol–water partition coefficient (Wildman–Crippen LogP) is 7.57. The lowest BCUT2D eigenvalue weighted by Gasteiger charge is -2.33. The van der Waals surface area contributed by atoms with Crippen LogP contribution in [0.25, 0.3) is 0 Å². The Bertz CT molecular complexity index is 1750. The molecule has 0 unspecified atom stereocenters. The van der Waals surface area contributed by atoms with Crippen molar-refractivity contribution in [2.75, 3.05) is 23.8 Å². The van der Waals surface area contributed by atoms with Crippen molar-refractivity contribution < 1.29 is 28.7 Å². The lowest BCUT2D eigenvalue weighted by atomic mass is 9.81. The first-order valence-electron chi connectivity index (χ1n) is 19.0. The smallest absolute Gasteiger partial charge is 0.313 e. The second kappa shape index (κ2) is 17.7. The number of hydrogen-bond donors (Lipinski definition) is 2. The van der Waals surface area contributed by atoms with E-state index in [2.05, 4.69) is 10.6 Å². The Hall–Kier alpha value is -5.32. The summed E-state index contributed by atoms with van der Waals surface area (Å²) in [5.74, 6) is -4.18. The lowest BCUT2D eigenvalue weighted by Crippen LogP contribution is -2.49. The number of nitrogens with zero attached hydrogens (tertiary/aromatic N) is 2. The molecule has 0 radical (unpaired) electrons. The molecule has 54 heavy (non-hydrogen) atoms. The Morgan fingerprint density at radius 2 is 0.889 bits per heavy atom. The summed E-state index contributed by atoms with van der Waals surface area (Å²) in [7, 11) is 0. The van der Waals surface area contributed by atoms with Crippen LogP contribution in [0.2, 0.25) is 0 Å². The third kappa shape index (κ3) is 8.25. The summed E-state index contributed by atoms with van der Waals surface area (Å²) >= 11 is 0. The van der Waals surface area contributed by atoms with Crippen molar-refractivity contribution in [3.63, 3.8) is 0 Å². The third-order valence-electron chi connectivity index (χ3n) is 10.3. The van der Waals surface area contributed by atoms with Gasteiger partial charge < -0.3 is 20.1 Å². The lowest BCUT2D eigenvalue weighted by molar-refractivity contribution is -0.154. The summed E-state index contributed by atoms with van der Waals surface area (Å²) in [6, 6.07) is 29.5. The van der Waals surface area contributed by atoms with Gasteiger partial charge >= 0.3 is 11.9 Å². The molecule has 0 saturated carbocycles. The monoisotopic (exact) mass is 730 g/mol. The molecule has 4 aromatic carbocycles. The van der Waals surface area contributed by atoms with Crippen LogP contribution in [0.4, 0.5) is 11.4 Å². The molecule has 6 rings (SSSR count). The first-order chi connectivity index (χ1) is 26.2. The van der Waals surface area contributed by atoms with E-state index in [9.17, 15) is 19.2 Å². The zero-order chi connectivity index (χ0) is 38.2. The number of benzene rings is 4. The van der Waals surface area contributed by atoms with Gasteiger partial charge in [-0.25, -0.2) is 10.0 Å². The Labute approximate surface area is 317 Å². The number of para-hydroxylation sites is 2. The number of aryl methyl sites for hydroxylation is 2. The number of hydrazine groups is 1. The molecule has 282 valence electrons. The number of unbranched alkanes of at least 4 members (excludes halogenated alkanes) is 2. The van der Waals surface area contributed by atoms with E-state index >= 15 is 0 Å². The normalized spacial score (nSPS) is 22.3. The minimum Gasteiger partial charge on any atom is -0.465 e. The van der Waals surface area contributed by atoms with E-state index in [0.717, 1.165) is 24.0 Å². The molecule has 10 nitrogen and oxygen atoms in total. The molecule has 2 fully saturated rings. The molecule has 2 aliphatic rings. The highest BCUT2D eigenvalue weighted by Gasteiger charge is 2.68. The van der Waals surface area contributed by atoms with Gasteiger partial charge in [-0.15, -0.1) is 0 Å². The van der Waals surface area contributed by atoms with E-state index < -0.39 is 59.8 Å². The van der Waals surface area contributed by atoms with Gasteiger partial charge in [0.25, 0.3) is 0 Å². The fourth-order valence-corrected chi connectivity index (χ4v) is 7.56. The van der Waals surface area contributed by atoms with Gasteiger partial charge in [0.2, 0.25) is 11.8 Å². The highest BCUT2D eigenvalue weighted by molar-refractivity contribution is 6.01. The minimum atomic E-state index is -1.18. The minimum absolute atomic E-state index is 0.186. The first-order valence-corrected chi connectivity index (χ1v) is 19.0. The fourth-order valence-electron chi connectivity index (χ4n) is 7.56. The van der Waals surface area contributed by atoms with Crippen LogP contribution < -0.4 is 10.6 Å². The number of ether oxygens (including phenoxy) is 2. The van der Waals surface area contributed by atoms with Crippen molar-refractivity contribution in [2.45, 2.75) is 77.5 Å². The van der Waals surface area contributed by atoms with Crippen LogP contribution in [0.1, 0.15) is 73.9 Å². The SMILES string of the molecule is CCCCOC(=O)[C@@H]1[C@H](C(=O)Nc2ccccc2)N2[C@H](c3ccc(C)cc3)[C@H](C(=O)OCCCC)[C@H](C(=O)Nc3ccccc3)N2[C@H]1c1ccc(C)cc1. The zero-order valence-corrected chi connectivity index (χ0v) is 31.4. The van der Waals surface area contributed by atoms with Crippen molar-refractivity contribution >= 4 is 35.1 Å². The van der Waals surface area contributed by atoms with Gasteiger partial charge in [0.15, 0.2) is 0 Å². The van der Waals surface area contributed by atoms with E-state index in [1.54, 1.807) is 34.3 Å². The van der Waals surface area contributed by atoms with E-state index in [1.807, 2.05) is 113 Å². The van der Waals surface area contributed by atoms with Crippen molar-refractivity contribution in [3.8, 4) is 0 Å². The summed E-state index contributed by atoms with van der Waals surface area (Å²) in [6.07, 6.45) is 2.94. The largest absolute Gasteiger partial charge is 0.465 e. The van der Waals surface area contributed by atoms with E-state index in [-0.39, 0.29) is 13.2 Å². The van der Waals surface area contributed by atoms with Crippen LogP contribution in [-0.2, 0) is 28.7 Å². The Kier molecular flexibility index (Phi) is 12.6. The third-order valence-corrected chi connectivity index (χ3v) is 10.3. The van der Waals surface area contributed by atoms with Crippen LogP contribution in [0, 0.1) is 25.7 Å². The summed E-state index contributed by atoms with van der Waals surface area (Å²) in [6.45, 7) is 8.34. The number of amides is 2. The number of hydrogen-bond acceptors (Lipinski definition) is 8. The van der Waals surface area contributed by atoms with Crippen LogP contribution in [0.15, 0.2) is 109 Å². The first kappa shape index (κ1) is 38.4. The topological polar surface area (TPSA) is 117 Å². The molecule has 2 heterocycles. The van der Waals surface area contributed by atoms with Gasteiger partial charge in [0, 0.05) is 11.4 Å². The van der Waals surface area contributed by atoms with Gasteiger partial charge in [-0.3, -0.25) is 19.2 Å². The van der Waals surface area contributed by atoms with Crippen molar-refractivity contribution in [1.82, 2.24) is 10.0 Å². The molecule has 2 aliphatic heterocycles. The maximum Gasteiger partial charge on any atom is 0.313 e. The maximum atomic E-state index is 14.9. The van der Waals surface area contributed by atoms with Gasteiger partial charge in [-0.05, 0) is 62.1 Å². The summed E-state index contributed by atoms with van der Waals surface area (Å²) in [5.41, 5.74) is 4.51. The molecule has 2 N–H and O–H groups in total. The molecular formula is C44H50N4O6. The van der Waals surface area contributed by atoms with Gasteiger partial charge in [-0.2, -0.15) is 0 Å². The molecule has 0 aromatic heterocycles. The molecular weight excluding hydrogens is 681 g/mol. The van der Waals surface area contributed by atoms with E-state index in [1.165, 1.54) is 0 Å². The maximum absolute atomic E-state index is 14.9. The number of rotatable bonds is 14. The van der Waals surface area contributed by atoms with Crippen LogP contribution in [0.5, 0.6) is 0 Å². The second-order valence-electron chi connectivity index (χ2n) is 14.2. The number of carbonyl (C=O) groups excluding carboxylic acids is 4. The summed E-state index contributed by atoms with van der Waals surface area (Å²) < 4.78 is 11.9. The van der Waals surface area contributed by atoms with Gasteiger partial charge in [0.05, 0.1) is 25.3 Å². The molecule has 6 atom stereocenters. The highest BCUT2D eigenvalue weighted by atomic mass is 16.5. The van der Waals surface area contributed by atoms with Crippen molar-refractivity contribution in [3.05, 3.63) is 131 Å². The number of nitrogens with one attached hydrogen (secondary N) is 2. The second-order valence-corrected chi connectivity index (χ2v) is 14.2. The quantitative estimate of drug-likeness (QED) is 0.101. The Morgan fingerprint density at radius 3 is 1.22 bits per heavy atom. The summed E-state index contributed by atoms with van der Waals surface area (Å²) in [5, 5.41) is 9.71. The van der Waals surface area contributed by atoms with E-state index in [4.69, 9.17) is 9.47 Å².